The first-order valence-corrected chi connectivity index (χ1v) is 7.32. The minimum absolute atomic E-state index is 0.881. The molecule has 0 saturated heterocycles. The Kier molecular flexibility index (Phi) is 2.45. The van der Waals surface area contributed by atoms with Crippen molar-refractivity contribution >= 4 is 21.6 Å². The molecule has 0 amide bonds. The number of methoxy groups -OCH3 is 1. The highest BCUT2D eigenvalue weighted by Gasteiger charge is 2.25. The number of hydrogen-bond acceptors (Lipinski definition) is 2. The second kappa shape index (κ2) is 4.09. The third kappa shape index (κ3) is 1.48. The number of ether oxygens (including phenoxy) is 1. The molecular weight excluding hydrogens is 316 g/mol. The van der Waals surface area contributed by atoms with Crippen LogP contribution in [0.2, 0.25) is 0 Å². The van der Waals surface area contributed by atoms with Gasteiger partial charge in [-0.15, -0.1) is 0 Å². The Labute approximate surface area is 125 Å². The van der Waals surface area contributed by atoms with E-state index in [0.717, 1.165) is 28.0 Å². The number of fused-ring (bicyclic) bond motifs is 5. The molecule has 2 heterocycles. The van der Waals surface area contributed by atoms with Crippen molar-refractivity contribution in [2.24, 2.45) is 0 Å². The highest BCUT2D eigenvalue weighted by Crippen LogP contribution is 2.39. The summed E-state index contributed by atoms with van der Waals surface area (Å²) in [6.07, 6.45) is 0.924. The third-order valence-corrected chi connectivity index (χ3v) is 4.83. The number of aromatic nitrogens is 2. The monoisotopic (exact) mass is 328 g/mol. The number of rotatable bonds is 1. The predicted molar refractivity (Wildman–Crippen MR) is 82.4 cm³/mol. The van der Waals surface area contributed by atoms with Crippen LogP contribution in [0, 0.1) is 6.92 Å². The van der Waals surface area contributed by atoms with Crippen molar-refractivity contribution in [3.63, 3.8) is 0 Å². The Balaban J connectivity index is 2.04. The van der Waals surface area contributed by atoms with Crippen LogP contribution >= 0.6 is 15.9 Å². The molecule has 0 atom stereocenters. The van der Waals surface area contributed by atoms with Crippen LogP contribution in [0.3, 0.4) is 0 Å². The predicted octanol–water partition coefficient (Wildman–Crippen LogP) is 3.99. The van der Waals surface area contributed by atoms with E-state index >= 15 is 0 Å². The topological polar surface area (TPSA) is 26.5 Å². The quantitative estimate of drug-likeness (QED) is 0.528. The van der Waals surface area contributed by atoms with E-state index in [9.17, 15) is 0 Å². The summed E-state index contributed by atoms with van der Waals surface area (Å²) in [5.74, 6) is 0.881. The van der Waals surface area contributed by atoms with E-state index < -0.39 is 0 Å². The summed E-state index contributed by atoms with van der Waals surface area (Å²) >= 11 is 3.60. The highest BCUT2D eigenvalue weighted by atomic mass is 79.9. The van der Waals surface area contributed by atoms with E-state index in [1.807, 2.05) is 6.07 Å². The highest BCUT2D eigenvalue weighted by molar-refractivity contribution is 9.10. The SMILES string of the molecule is COc1ccc2c(c1)-c1nc3ccc(Br)c(C)n3c1C2. The van der Waals surface area contributed by atoms with Crippen LogP contribution in [0.15, 0.2) is 34.8 Å². The van der Waals surface area contributed by atoms with E-state index in [2.05, 4.69) is 51.5 Å². The summed E-state index contributed by atoms with van der Waals surface area (Å²) in [4.78, 5) is 4.80. The largest absolute Gasteiger partial charge is 0.497 e. The molecule has 0 saturated carbocycles. The molecule has 100 valence electrons. The maximum Gasteiger partial charge on any atom is 0.137 e. The first-order valence-electron chi connectivity index (χ1n) is 6.53. The number of halogens is 1. The van der Waals surface area contributed by atoms with Crippen LogP contribution in [0.5, 0.6) is 5.75 Å². The van der Waals surface area contributed by atoms with Gasteiger partial charge in [-0.1, -0.05) is 6.07 Å². The molecule has 4 heteroatoms. The number of nitrogens with zero attached hydrogens (tertiary/aromatic N) is 2. The lowest BCUT2D eigenvalue weighted by Gasteiger charge is -2.06. The third-order valence-electron chi connectivity index (χ3n) is 3.99. The van der Waals surface area contributed by atoms with Crippen molar-refractivity contribution in [3.05, 3.63) is 51.8 Å². The van der Waals surface area contributed by atoms with Gasteiger partial charge in [0, 0.05) is 22.2 Å². The van der Waals surface area contributed by atoms with Crippen molar-refractivity contribution < 1.29 is 4.74 Å². The second-order valence-electron chi connectivity index (χ2n) is 5.07. The molecule has 3 nitrogen and oxygen atoms in total. The van der Waals surface area contributed by atoms with Crippen LogP contribution in [0.1, 0.15) is 17.0 Å². The fraction of sp³-hybridized carbons (Fsp3) is 0.188. The van der Waals surface area contributed by atoms with Crippen LogP contribution in [0.4, 0.5) is 0 Å². The lowest BCUT2D eigenvalue weighted by molar-refractivity contribution is 0.415. The number of imidazole rings is 1. The first-order chi connectivity index (χ1) is 9.69. The molecule has 0 aliphatic heterocycles. The van der Waals surface area contributed by atoms with Gasteiger partial charge in [-0.2, -0.15) is 0 Å². The van der Waals surface area contributed by atoms with Gasteiger partial charge in [0.15, 0.2) is 0 Å². The smallest absolute Gasteiger partial charge is 0.137 e. The second-order valence-corrected chi connectivity index (χ2v) is 5.92. The van der Waals surface area contributed by atoms with Gasteiger partial charge >= 0.3 is 0 Å². The van der Waals surface area contributed by atoms with E-state index in [-0.39, 0.29) is 0 Å². The van der Waals surface area contributed by atoms with Gasteiger partial charge in [0.2, 0.25) is 0 Å². The lowest BCUT2D eigenvalue weighted by atomic mass is 10.1. The molecule has 0 fully saturated rings. The summed E-state index contributed by atoms with van der Waals surface area (Å²) in [5.41, 5.74) is 7.05. The maximum atomic E-state index is 5.33. The van der Waals surface area contributed by atoms with E-state index in [1.54, 1.807) is 7.11 Å². The van der Waals surface area contributed by atoms with Crippen LogP contribution in [-0.4, -0.2) is 16.5 Å². The Bertz CT molecular complexity index is 851. The Morgan fingerprint density at radius 1 is 1.25 bits per heavy atom. The molecule has 1 aliphatic rings. The number of pyridine rings is 1. The number of aryl methyl sites for hydroxylation is 1. The summed E-state index contributed by atoms with van der Waals surface area (Å²) in [6, 6.07) is 10.3. The fourth-order valence-corrected chi connectivity index (χ4v) is 3.26. The summed E-state index contributed by atoms with van der Waals surface area (Å²) in [7, 11) is 1.70. The lowest BCUT2D eigenvalue weighted by Crippen LogP contribution is -1.97. The van der Waals surface area contributed by atoms with Gasteiger partial charge in [0.05, 0.1) is 18.5 Å². The minimum Gasteiger partial charge on any atom is -0.497 e. The Morgan fingerprint density at radius 2 is 2.10 bits per heavy atom. The van der Waals surface area contributed by atoms with Gasteiger partial charge in [-0.05, 0) is 52.7 Å². The van der Waals surface area contributed by atoms with Gasteiger partial charge in [-0.25, -0.2) is 4.98 Å². The zero-order chi connectivity index (χ0) is 13.9. The van der Waals surface area contributed by atoms with Crippen molar-refractivity contribution in [2.45, 2.75) is 13.3 Å². The van der Waals surface area contributed by atoms with Crippen molar-refractivity contribution in [3.8, 4) is 17.0 Å². The molecular formula is C16H13BrN2O. The molecule has 3 aromatic rings. The zero-order valence-electron chi connectivity index (χ0n) is 11.3. The fourth-order valence-electron chi connectivity index (χ4n) is 2.95. The molecule has 0 radical (unpaired) electrons. The summed E-state index contributed by atoms with van der Waals surface area (Å²) in [6.45, 7) is 2.11. The molecule has 20 heavy (non-hydrogen) atoms. The van der Waals surface area contributed by atoms with E-state index in [0.29, 0.717) is 0 Å². The first kappa shape index (κ1) is 12.0. The minimum atomic E-state index is 0.881. The average molecular weight is 329 g/mol. The molecule has 0 bridgehead atoms. The molecule has 0 unspecified atom stereocenters. The number of hydrogen-bond donors (Lipinski definition) is 0. The molecule has 0 N–H and O–H groups in total. The Morgan fingerprint density at radius 3 is 2.90 bits per heavy atom. The molecule has 4 rings (SSSR count). The van der Waals surface area contributed by atoms with Gasteiger partial charge < -0.3 is 4.74 Å². The van der Waals surface area contributed by atoms with Gasteiger partial charge in [0.1, 0.15) is 11.4 Å². The molecule has 0 spiro atoms. The van der Waals surface area contributed by atoms with Crippen molar-refractivity contribution in [1.29, 1.82) is 0 Å². The zero-order valence-corrected chi connectivity index (χ0v) is 12.9. The van der Waals surface area contributed by atoms with Crippen molar-refractivity contribution in [2.75, 3.05) is 7.11 Å². The van der Waals surface area contributed by atoms with Gasteiger partial charge in [0.25, 0.3) is 0 Å². The van der Waals surface area contributed by atoms with Crippen LogP contribution in [0.25, 0.3) is 16.9 Å². The molecule has 1 aliphatic carbocycles. The van der Waals surface area contributed by atoms with E-state index in [1.165, 1.54) is 22.5 Å². The van der Waals surface area contributed by atoms with Crippen molar-refractivity contribution in [1.82, 2.24) is 9.38 Å². The standard InChI is InChI=1S/C16H13BrN2O/c1-9-13(17)5-6-15-18-16-12-8-11(20-2)4-3-10(12)7-14(16)19(9)15/h3-6,8H,7H2,1-2H3. The summed E-state index contributed by atoms with van der Waals surface area (Å²) in [5, 5.41) is 0. The van der Waals surface area contributed by atoms with Crippen LogP contribution in [-0.2, 0) is 6.42 Å². The number of benzene rings is 1. The average Bonchev–Trinajstić information content (AvgIpc) is 2.98. The maximum absolute atomic E-state index is 5.33. The summed E-state index contributed by atoms with van der Waals surface area (Å²) < 4.78 is 8.68. The van der Waals surface area contributed by atoms with E-state index in [4.69, 9.17) is 9.72 Å². The normalized spacial score (nSPS) is 12.6. The van der Waals surface area contributed by atoms with Gasteiger partial charge in [-0.3, -0.25) is 4.40 Å². The Hall–Kier alpha value is -1.81. The molecule has 2 aromatic heterocycles. The van der Waals surface area contributed by atoms with Crippen LogP contribution < -0.4 is 4.74 Å². The molecule has 1 aromatic carbocycles.